The summed E-state index contributed by atoms with van der Waals surface area (Å²) < 4.78 is 23.1. The zero-order valence-electron chi connectivity index (χ0n) is 61.3. The van der Waals surface area contributed by atoms with Crippen molar-refractivity contribution in [1.82, 2.24) is 0 Å². The highest BCUT2D eigenvalue weighted by molar-refractivity contribution is 5.71. The Morgan fingerprint density at radius 3 is 0.868 bits per heavy atom. The van der Waals surface area contributed by atoms with Gasteiger partial charge < -0.3 is 28.5 Å². The molecule has 534 valence electrons. The van der Waals surface area contributed by atoms with Crippen LogP contribution in [0.1, 0.15) is 399 Å². The topological polar surface area (TPSA) is 108 Å². The Kier molecular flexibility index (Phi) is 70.9. The van der Waals surface area contributed by atoms with Gasteiger partial charge in [0.25, 0.3) is 6.29 Å². The molecule has 0 aromatic heterocycles. The molecule has 0 aromatic carbocycles. The molecule has 0 aliphatic rings. The van der Waals surface area contributed by atoms with E-state index in [1.807, 2.05) is 21.1 Å². The van der Waals surface area contributed by atoms with Crippen LogP contribution in [0.25, 0.3) is 0 Å². The Morgan fingerprint density at radius 2 is 0.593 bits per heavy atom. The fourth-order valence-electron chi connectivity index (χ4n) is 12.0. The van der Waals surface area contributed by atoms with Gasteiger partial charge in [0.15, 0.2) is 6.10 Å². The lowest BCUT2D eigenvalue weighted by atomic mass is 10.0. The maximum absolute atomic E-state index is 13.0. The number of rotatable bonds is 75. The smallest absolute Gasteiger partial charge is 0.361 e. The largest absolute Gasteiger partial charge is 0.477 e. The van der Waals surface area contributed by atoms with Crippen molar-refractivity contribution in [2.45, 2.75) is 411 Å². The van der Waals surface area contributed by atoms with Crippen LogP contribution in [0.15, 0.2) is 48.6 Å². The Bertz CT molecular complexity index is 1630. The standard InChI is InChI=1S/C82H153NO8/c1-6-8-10-12-14-16-18-20-22-24-26-28-30-32-34-36-38-40-42-44-46-48-50-52-54-56-58-60-62-64-66-68-70-72-79(84)89-76-78(77-90-82(81(86)87)88-75-74-83(3,4)5)91-80(85)73-71-69-67-65-63-61-59-57-55-53-51-49-47-45-43-41-39-37-35-33-31-29-27-25-23-21-19-17-15-13-11-9-7-2/h18-21,24-27,78,82H,6-17,22-23,28-77H2,1-5H3/p+1/b20-18-,21-19-,26-24-,27-25-. The van der Waals surface area contributed by atoms with Crippen LogP contribution >= 0.6 is 0 Å². The zero-order chi connectivity index (χ0) is 66.1. The first kappa shape index (κ1) is 88.2. The number of hydrogen-bond donors (Lipinski definition) is 1. The molecule has 0 saturated carbocycles. The number of esters is 2. The summed E-state index contributed by atoms with van der Waals surface area (Å²) in [5, 5.41) is 9.77. The molecule has 0 saturated heterocycles. The predicted molar refractivity (Wildman–Crippen MR) is 392 cm³/mol. The number of carboxylic acids is 1. The lowest BCUT2D eigenvalue weighted by Gasteiger charge is -2.25. The average Bonchev–Trinajstić information content (AvgIpc) is 3.63. The molecule has 0 aromatic rings. The summed E-state index contributed by atoms with van der Waals surface area (Å²) in [6.45, 7) is 4.93. The van der Waals surface area contributed by atoms with Gasteiger partial charge in [0, 0.05) is 12.8 Å². The normalized spacial score (nSPS) is 12.8. The summed E-state index contributed by atoms with van der Waals surface area (Å²) in [6, 6.07) is 0. The zero-order valence-corrected chi connectivity index (χ0v) is 61.3. The van der Waals surface area contributed by atoms with E-state index in [9.17, 15) is 19.5 Å². The Hall–Kier alpha value is -2.75. The van der Waals surface area contributed by atoms with Crippen LogP contribution in [-0.2, 0) is 33.3 Å². The van der Waals surface area contributed by atoms with E-state index in [1.54, 1.807) is 0 Å². The van der Waals surface area contributed by atoms with Gasteiger partial charge in [-0.25, -0.2) is 4.79 Å². The molecule has 2 unspecified atom stereocenters. The molecule has 0 bridgehead atoms. The minimum Gasteiger partial charge on any atom is -0.477 e. The second-order valence-corrected chi connectivity index (χ2v) is 28.4. The van der Waals surface area contributed by atoms with Gasteiger partial charge >= 0.3 is 17.9 Å². The molecule has 9 nitrogen and oxygen atoms in total. The van der Waals surface area contributed by atoms with E-state index in [0.29, 0.717) is 17.4 Å². The fraction of sp³-hybridized carbons (Fsp3) is 0.866. The number of allylic oxidation sites excluding steroid dienone is 8. The van der Waals surface area contributed by atoms with Crippen molar-refractivity contribution in [2.24, 2.45) is 0 Å². The number of carboxylic acid groups (broad SMARTS) is 1. The number of hydrogen-bond acceptors (Lipinski definition) is 7. The molecular formula is C82H154NO8+. The van der Waals surface area contributed by atoms with Crippen LogP contribution in [0, 0.1) is 0 Å². The maximum atomic E-state index is 13.0. The third kappa shape index (κ3) is 74.5. The first-order valence-corrected chi connectivity index (χ1v) is 39.8. The van der Waals surface area contributed by atoms with Gasteiger partial charge in [-0.2, -0.15) is 0 Å². The van der Waals surface area contributed by atoms with Gasteiger partial charge in [-0.05, 0) is 77.0 Å². The summed E-state index contributed by atoms with van der Waals surface area (Å²) in [6.07, 6.45) is 92.6. The van der Waals surface area contributed by atoms with Crippen molar-refractivity contribution in [2.75, 3.05) is 47.5 Å². The highest BCUT2D eigenvalue weighted by atomic mass is 16.7. The number of likely N-dealkylation sites (N-methyl/N-ethyl adjacent to an activating group) is 1. The molecule has 0 rings (SSSR count). The monoisotopic (exact) mass is 1280 g/mol. The number of unbranched alkanes of at least 4 members (excludes halogenated alkanes) is 52. The third-order valence-corrected chi connectivity index (χ3v) is 18.1. The SMILES string of the molecule is CCCCCCC/C=C\C/C=C\CCCCCCCCCCCCCCCCCCCCCCCC(=O)OCC(COC(OCC[N+](C)(C)C)C(=O)O)OC(=O)CCCCCCCCCCCCCCCCCCCCCCC/C=C\C/C=C\CCCCCCC. The molecule has 0 aliphatic heterocycles. The van der Waals surface area contributed by atoms with Crippen molar-refractivity contribution in [3.63, 3.8) is 0 Å². The van der Waals surface area contributed by atoms with Gasteiger partial charge in [-0.3, -0.25) is 9.59 Å². The van der Waals surface area contributed by atoms with Crippen LogP contribution in [0.2, 0.25) is 0 Å². The summed E-state index contributed by atoms with van der Waals surface area (Å²) in [4.78, 5) is 37.7. The molecule has 1 N–H and O–H groups in total. The average molecular weight is 1280 g/mol. The second kappa shape index (κ2) is 73.1. The molecule has 91 heavy (non-hydrogen) atoms. The van der Waals surface area contributed by atoms with Gasteiger partial charge in [-0.1, -0.05) is 358 Å². The highest BCUT2D eigenvalue weighted by Gasteiger charge is 2.25. The number of aliphatic carboxylic acids is 1. The number of quaternary nitrogens is 1. The number of carbonyl (C=O) groups excluding carboxylic acids is 2. The van der Waals surface area contributed by atoms with Crippen LogP contribution in [0.4, 0.5) is 0 Å². The van der Waals surface area contributed by atoms with E-state index in [0.717, 1.165) is 51.4 Å². The van der Waals surface area contributed by atoms with Crippen molar-refractivity contribution in [3.8, 4) is 0 Å². The maximum Gasteiger partial charge on any atom is 0.361 e. The Morgan fingerprint density at radius 1 is 0.330 bits per heavy atom. The van der Waals surface area contributed by atoms with Crippen LogP contribution in [0.3, 0.4) is 0 Å². The van der Waals surface area contributed by atoms with Crippen LogP contribution < -0.4 is 0 Å². The van der Waals surface area contributed by atoms with Crippen molar-refractivity contribution in [3.05, 3.63) is 48.6 Å². The van der Waals surface area contributed by atoms with E-state index < -0.39 is 18.4 Å². The summed E-state index contributed by atoms with van der Waals surface area (Å²) in [7, 11) is 6.00. The van der Waals surface area contributed by atoms with E-state index in [-0.39, 0.29) is 38.2 Å². The van der Waals surface area contributed by atoms with E-state index in [1.165, 1.54) is 321 Å². The molecule has 0 spiro atoms. The van der Waals surface area contributed by atoms with Gasteiger partial charge in [0.05, 0.1) is 34.4 Å². The third-order valence-electron chi connectivity index (χ3n) is 18.1. The Labute approximate surface area is 565 Å². The van der Waals surface area contributed by atoms with Crippen LogP contribution in [0.5, 0.6) is 0 Å². The molecule has 2 atom stereocenters. The summed E-state index contributed by atoms with van der Waals surface area (Å²) in [5.41, 5.74) is 0. The lowest BCUT2D eigenvalue weighted by molar-refractivity contribution is -0.870. The molecule has 0 fully saturated rings. The van der Waals surface area contributed by atoms with Crippen molar-refractivity contribution in [1.29, 1.82) is 0 Å². The van der Waals surface area contributed by atoms with Gasteiger partial charge in [-0.15, -0.1) is 0 Å². The minimum absolute atomic E-state index is 0.176. The van der Waals surface area contributed by atoms with E-state index >= 15 is 0 Å². The fourth-order valence-corrected chi connectivity index (χ4v) is 12.0. The Balaban J connectivity index is 3.98. The first-order chi connectivity index (χ1) is 44.6. The number of carbonyl (C=O) groups is 3. The van der Waals surface area contributed by atoms with Crippen molar-refractivity contribution >= 4 is 17.9 Å². The van der Waals surface area contributed by atoms with Gasteiger partial charge in [0.1, 0.15) is 13.2 Å². The second-order valence-electron chi connectivity index (χ2n) is 28.4. The molecule has 0 amide bonds. The van der Waals surface area contributed by atoms with E-state index in [2.05, 4.69) is 62.5 Å². The molecular weight excluding hydrogens is 1130 g/mol. The van der Waals surface area contributed by atoms with E-state index in [4.69, 9.17) is 18.9 Å². The van der Waals surface area contributed by atoms with Gasteiger partial charge in [0.2, 0.25) is 0 Å². The molecule has 0 heterocycles. The number of ether oxygens (including phenoxy) is 4. The van der Waals surface area contributed by atoms with Crippen LogP contribution in [-0.4, -0.2) is 87.4 Å². The highest BCUT2D eigenvalue weighted by Crippen LogP contribution is 2.19. The predicted octanol–water partition coefficient (Wildman–Crippen LogP) is 25.3. The quantitative estimate of drug-likeness (QED) is 0.0211. The summed E-state index contributed by atoms with van der Waals surface area (Å²) >= 11 is 0. The summed E-state index contributed by atoms with van der Waals surface area (Å²) in [5.74, 6) is -1.97. The minimum atomic E-state index is -1.51. The first-order valence-electron chi connectivity index (χ1n) is 39.8. The lowest BCUT2D eigenvalue weighted by Crippen LogP contribution is -2.40. The van der Waals surface area contributed by atoms with Crippen molar-refractivity contribution < 1.29 is 42.9 Å². The molecule has 0 aliphatic carbocycles. The number of nitrogens with zero attached hydrogens (tertiary/aromatic N) is 1. The molecule has 0 radical (unpaired) electrons. The molecule has 9 heteroatoms.